The van der Waals surface area contributed by atoms with Crippen LogP contribution in [0, 0.1) is 0 Å². The summed E-state index contributed by atoms with van der Waals surface area (Å²) in [5.41, 5.74) is 2.92. The molecule has 0 fully saturated rings. The van der Waals surface area contributed by atoms with Crippen molar-refractivity contribution in [2.45, 2.75) is 32.6 Å². The molecule has 0 saturated heterocycles. The second kappa shape index (κ2) is 5.12. The Hall–Kier alpha value is -2.09. The molecule has 1 aliphatic rings. The lowest BCUT2D eigenvalue weighted by atomic mass is 9.88. The molecule has 0 radical (unpaired) electrons. The first kappa shape index (κ1) is 12.9. The first-order chi connectivity index (χ1) is 9.66. The molecular formula is C18H18O2. The topological polar surface area (TPSA) is 30.2 Å². The largest absolute Gasteiger partial charge is 0.460 e. The lowest BCUT2D eigenvalue weighted by molar-refractivity contribution is 0.529. The second-order valence-corrected chi connectivity index (χ2v) is 5.52. The maximum atomic E-state index is 12.7. The van der Waals surface area contributed by atoms with Crippen molar-refractivity contribution in [2.24, 2.45) is 0 Å². The van der Waals surface area contributed by atoms with E-state index in [1.54, 1.807) is 0 Å². The van der Waals surface area contributed by atoms with Gasteiger partial charge >= 0.3 is 0 Å². The summed E-state index contributed by atoms with van der Waals surface area (Å²) in [5, 5.41) is 0.684. The molecule has 20 heavy (non-hydrogen) atoms. The summed E-state index contributed by atoms with van der Waals surface area (Å²) < 4.78 is 5.93. The molecule has 0 N–H and O–H groups in total. The molecular weight excluding hydrogens is 248 g/mol. The van der Waals surface area contributed by atoms with Crippen LogP contribution in [0.5, 0.6) is 0 Å². The fraction of sp³-hybridized carbons (Fsp3) is 0.278. The third kappa shape index (κ3) is 2.22. The third-order valence-electron chi connectivity index (χ3n) is 3.73. The van der Waals surface area contributed by atoms with Crippen LogP contribution >= 0.6 is 0 Å². The fourth-order valence-corrected chi connectivity index (χ4v) is 2.72. The number of fused-ring (bicyclic) bond motifs is 2. The molecule has 1 heterocycles. The van der Waals surface area contributed by atoms with Gasteiger partial charge in [0, 0.05) is 17.9 Å². The summed E-state index contributed by atoms with van der Waals surface area (Å²) >= 11 is 0. The summed E-state index contributed by atoms with van der Waals surface area (Å²) in [5.74, 6) is 0.956. The van der Waals surface area contributed by atoms with Gasteiger partial charge in [-0.05, 0) is 32.4 Å². The van der Waals surface area contributed by atoms with Crippen molar-refractivity contribution in [3.05, 3.63) is 69.6 Å². The predicted octanol–water partition coefficient (Wildman–Crippen LogP) is 4.35. The second-order valence-electron chi connectivity index (χ2n) is 5.52. The zero-order valence-corrected chi connectivity index (χ0v) is 11.8. The van der Waals surface area contributed by atoms with Gasteiger partial charge in [-0.1, -0.05) is 35.9 Å². The Kier molecular flexibility index (Phi) is 3.31. The van der Waals surface area contributed by atoms with Crippen molar-refractivity contribution in [3.8, 4) is 0 Å². The molecule has 2 nitrogen and oxygen atoms in total. The minimum atomic E-state index is 0.123. The maximum absolute atomic E-state index is 12.7. The first-order valence-corrected chi connectivity index (χ1v) is 7.01. The fourth-order valence-electron chi connectivity index (χ4n) is 2.72. The minimum Gasteiger partial charge on any atom is -0.460 e. The van der Waals surface area contributed by atoms with Crippen molar-refractivity contribution >= 4 is 11.0 Å². The molecule has 102 valence electrons. The molecule has 1 aromatic carbocycles. The summed E-state index contributed by atoms with van der Waals surface area (Å²) in [7, 11) is 0. The zero-order valence-electron chi connectivity index (χ0n) is 11.8. The maximum Gasteiger partial charge on any atom is 0.196 e. The third-order valence-corrected chi connectivity index (χ3v) is 3.73. The molecule has 0 bridgehead atoms. The van der Waals surface area contributed by atoms with Gasteiger partial charge in [-0.15, -0.1) is 0 Å². The van der Waals surface area contributed by atoms with Crippen molar-refractivity contribution in [2.75, 3.05) is 0 Å². The number of rotatable bonds is 2. The highest BCUT2D eigenvalue weighted by Gasteiger charge is 2.22. The van der Waals surface area contributed by atoms with E-state index < -0.39 is 0 Å². The summed E-state index contributed by atoms with van der Waals surface area (Å²) in [6, 6.07) is 7.49. The first-order valence-electron chi connectivity index (χ1n) is 7.01. The van der Waals surface area contributed by atoms with Gasteiger partial charge in [0.15, 0.2) is 5.43 Å². The highest BCUT2D eigenvalue weighted by molar-refractivity contribution is 5.77. The van der Waals surface area contributed by atoms with Gasteiger partial charge in [-0.25, -0.2) is 0 Å². The van der Waals surface area contributed by atoms with E-state index in [9.17, 15) is 4.79 Å². The Morgan fingerprint density at radius 3 is 2.95 bits per heavy atom. The van der Waals surface area contributed by atoms with Crippen LogP contribution in [0.15, 0.2) is 57.3 Å². The molecule has 2 heteroatoms. The highest BCUT2D eigenvalue weighted by Crippen LogP contribution is 2.30. The van der Waals surface area contributed by atoms with E-state index in [2.05, 4.69) is 32.1 Å². The van der Waals surface area contributed by atoms with Gasteiger partial charge in [0.05, 0.1) is 5.39 Å². The molecule has 0 aliphatic heterocycles. The van der Waals surface area contributed by atoms with E-state index in [0.717, 1.165) is 17.7 Å². The van der Waals surface area contributed by atoms with E-state index in [4.69, 9.17) is 4.42 Å². The van der Waals surface area contributed by atoms with Crippen LogP contribution in [0.2, 0.25) is 0 Å². The SMILES string of the molecule is CC(C)=CCC1C=CCc2oc3ccccc3c(=O)c21. The van der Waals surface area contributed by atoms with E-state index in [1.165, 1.54) is 5.57 Å². The zero-order chi connectivity index (χ0) is 14.1. The number of hydrogen-bond donors (Lipinski definition) is 0. The van der Waals surface area contributed by atoms with E-state index in [0.29, 0.717) is 17.4 Å². The number of benzene rings is 1. The molecule has 1 aromatic heterocycles. The van der Waals surface area contributed by atoms with Crippen LogP contribution < -0.4 is 5.43 Å². The van der Waals surface area contributed by atoms with Crippen LogP contribution in [-0.4, -0.2) is 0 Å². The number of allylic oxidation sites excluding steroid dienone is 4. The van der Waals surface area contributed by atoms with Crippen molar-refractivity contribution in [1.29, 1.82) is 0 Å². The molecule has 0 saturated carbocycles. The Morgan fingerprint density at radius 2 is 2.15 bits per heavy atom. The van der Waals surface area contributed by atoms with E-state index >= 15 is 0 Å². The van der Waals surface area contributed by atoms with E-state index in [-0.39, 0.29) is 11.3 Å². The van der Waals surface area contributed by atoms with Gasteiger partial charge in [-0.2, -0.15) is 0 Å². The summed E-state index contributed by atoms with van der Waals surface area (Å²) in [6.07, 6.45) is 7.98. The standard InChI is InChI=1S/C18H18O2/c1-12(2)10-11-13-6-5-9-16-17(13)18(19)14-7-3-4-8-15(14)20-16/h3-8,10,13H,9,11H2,1-2H3. The van der Waals surface area contributed by atoms with Crippen LogP contribution in [0.25, 0.3) is 11.0 Å². The van der Waals surface area contributed by atoms with Crippen molar-refractivity contribution in [1.82, 2.24) is 0 Å². The molecule has 0 amide bonds. The number of para-hydroxylation sites is 1. The monoisotopic (exact) mass is 266 g/mol. The van der Waals surface area contributed by atoms with Crippen LogP contribution in [0.1, 0.15) is 37.5 Å². The molecule has 1 aliphatic carbocycles. The highest BCUT2D eigenvalue weighted by atomic mass is 16.3. The Labute approximate surface area is 118 Å². The molecule has 2 aromatic rings. The van der Waals surface area contributed by atoms with Gasteiger partial charge in [0.2, 0.25) is 0 Å². The average molecular weight is 266 g/mol. The minimum absolute atomic E-state index is 0.123. The van der Waals surface area contributed by atoms with Gasteiger partial charge < -0.3 is 4.42 Å². The quantitative estimate of drug-likeness (QED) is 0.757. The van der Waals surface area contributed by atoms with Crippen molar-refractivity contribution in [3.63, 3.8) is 0 Å². The normalized spacial score (nSPS) is 17.0. The van der Waals surface area contributed by atoms with Crippen LogP contribution in [-0.2, 0) is 6.42 Å². The summed E-state index contributed by atoms with van der Waals surface area (Å²) in [6.45, 7) is 4.16. The molecule has 0 spiro atoms. The van der Waals surface area contributed by atoms with Gasteiger partial charge in [-0.3, -0.25) is 4.79 Å². The van der Waals surface area contributed by atoms with Crippen LogP contribution in [0.3, 0.4) is 0 Å². The molecule has 1 unspecified atom stereocenters. The molecule has 1 atom stereocenters. The van der Waals surface area contributed by atoms with Crippen molar-refractivity contribution < 1.29 is 4.42 Å². The lowest BCUT2D eigenvalue weighted by Crippen LogP contribution is -2.18. The average Bonchev–Trinajstić information content (AvgIpc) is 2.45. The Morgan fingerprint density at radius 1 is 1.35 bits per heavy atom. The Balaban J connectivity index is 2.17. The lowest BCUT2D eigenvalue weighted by Gasteiger charge is -2.18. The molecule has 3 rings (SSSR count). The number of hydrogen-bond acceptors (Lipinski definition) is 2. The van der Waals surface area contributed by atoms with E-state index in [1.807, 2.05) is 24.3 Å². The Bertz CT molecular complexity index is 759. The van der Waals surface area contributed by atoms with Gasteiger partial charge in [0.25, 0.3) is 0 Å². The van der Waals surface area contributed by atoms with Crippen LogP contribution in [0.4, 0.5) is 0 Å². The smallest absolute Gasteiger partial charge is 0.196 e. The predicted molar refractivity (Wildman–Crippen MR) is 82.1 cm³/mol. The van der Waals surface area contributed by atoms with Gasteiger partial charge in [0.1, 0.15) is 11.3 Å². The summed E-state index contributed by atoms with van der Waals surface area (Å²) in [4.78, 5) is 12.7.